The summed E-state index contributed by atoms with van der Waals surface area (Å²) in [5.74, 6) is 0. The van der Waals surface area contributed by atoms with Crippen LogP contribution in [0, 0.1) is 0 Å². The fourth-order valence-electron chi connectivity index (χ4n) is 3.16. The van der Waals surface area contributed by atoms with Crippen LogP contribution in [0.25, 0.3) is 10.9 Å². The maximum absolute atomic E-state index is 6.08. The van der Waals surface area contributed by atoms with Crippen molar-refractivity contribution in [1.29, 1.82) is 0 Å². The number of pyridine rings is 1. The lowest BCUT2D eigenvalue weighted by Crippen LogP contribution is -2.22. The Bertz CT molecular complexity index is 544. The fourth-order valence-corrected chi connectivity index (χ4v) is 3.16. The zero-order valence-electron chi connectivity index (χ0n) is 10.2. The molecule has 2 aromatic rings. The Kier molecular flexibility index (Phi) is 2.40. The summed E-state index contributed by atoms with van der Waals surface area (Å²) >= 11 is 0. The smallest absolute Gasteiger partial charge is 0.0704 e. The Hall–Kier alpha value is -1.41. The third-order valence-electron chi connectivity index (χ3n) is 4.08. The molecule has 2 atom stereocenters. The first kappa shape index (κ1) is 10.7. The minimum Gasteiger partial charge on any atom is -0.328 e. The molecular formula is C15H18N2. The molecule has 88 valence electrons. The van der Waals surface area contributed by atoms with Crippen molar-refractivity contribution >= 4 is 10.9 Å². The van der Waals surface area contributed by atoms with Crippen LogP contribution in [0.5, 0.6) is 0 Å². The number of nitrogens with two attached hydrogens (primary N) is 1. The second kappa shape index (κ2) is 3.81. The van der Waals surface area contributed by atoms with Crippen LogP contribution in [-0.2, 0) is 5.41 Å². The third-order valence-corrected chi connectivity index (χ3v) is 4.08. The number of rotatable bonds is 1. The highest BCUT2D eigenvalue weighted by Gasteiger charge is 2.35. The second-order valence-corrected chi connectivity index (χ2v) is 5.44. The van der Waals surface area contributed by atoms with Crippen molar-refractivity contribution in [3.8, 4) is 0 Å². The normalized spacial score (nSPS) is 28.7. The van der Waals surface area contributed by atoms with E-state index in [0.717, 1.165) is 18.4 Å². The molecule has 1 aromatic heterocycles. The molecule has 1 saturated carbocycles. The SMILES string of the molecule is CC1(c2cccc3ncccc23)CCC(N)C1. The summed E-state index contributed by atoms with van der Waals surface area (Å²) in [6.45, 7) is 2.33. The molecule has 0 spiro atoms. The van der Waals surface area contributed by atoms with Crippen molar-refractivity contribution in [2.45, 2.75) is 37.6 Å². The number of hydrogen-bond donors (Lipinski definition) is 1. The molecule has 0 saturated heterocycles. The Labute approximate surface area is 102 Å². The Morgan fingerprint density at radius 1 is 1.29 bits per heavy atom. The third kappa shape index (κ3) is 1.73. The van der Waals surface area contributed by atoms with Gasteiger partial charge in [-0.1, -0.05) is 25.1 Å². The maximum Gasteiger partial charge on any atom is 0.0704 e. The topological polar surface area (TPSA) is 38.9 Å². The van der Waals surface area contributed by atoms with Crippen LogP contribution in [0.2, 0.25) is 0 Å². The highest BCUT2D eigenvalue weighted by molar-refractivity contribution is 5.83. The second-order valence-electron chi connectivity index (χ2n) is 5.44. The van der Waals surface area contributed by atoms with Crippen LogP contribution in [0.4, 0.5) is 0 Å². The van der Waals surface area contributed by atoms with E-state index in [1.165, 1.54) is 17.4 Å². The molecule has 2 unspecified atom stereocenters. The van der Waals surface area contributed by atoms with Crippen LogP contribution >= 0.6 is 0 Å². The summed E-state index contributed by atoms with van der Waals surface area (Å²) in [7, 11) is 0. The first-order valence-electron chi connectivity index (χ1n) is 6.29. The minimum atomic E-state index is 0.224. The van der Waals surface area contributed by atoms with Crippen molar-refractivity contribution in [1.82, 2.24) is 4.98 Å². The number of hydrogen-bond acceptors (Lipinski definition) is 2. The number of aromatic nitrogens is 1. The van der Waals surface area contributed by atoms with Gasteiger partial charge in [-0.25, -0.2) is 0 Å². The van der Waals surface area contributed by atoms with Crippen molar-refractivity contribution in [3.05, 3.63) is 42.1 Å². The number of fused-ring (bicyclic) bond motifs is 1. The van der Waals surface area contributed by atoms with E-state index in [0.29, 0.717) is 6.04 Å². The highest BCUT2D eigenvalue weighted by atomic mass is 14.7. The first-order valence-corrected chi connectivity index (χ1v) is 6.29. The predicted molar refractivity (Wildman–Crippen MR) is 70.9 cm³/mol. The molecule has 17 heavy (non-hydrogen) atoms. The van der Waals surface area contributed by atoms with Crippen molar-refractivity contribution in [2.75, 3.05) is 0 Å². The zero-order chi connectivity index (χ0) is 11.9. The molecule has 1 aliphatic carbocycles. The van der Waals surface area contributed by atoms with Crippen molar-refractivity contribution in [3.63, 3.8) is 0 Å². The monoisotopic (exact) mass is 226 g/mol. The Morgan fingerprint density at radius 3 is 2.94 bits per heavy atom. The highest BCUT2D eigenvalue weighted by Crippen LogP contribution is 2.42. The summed E-state index contributed by atoms with van der Waals surface area (Å²) in [5.41, 5.74) is 8.80. The Balaban J connectivity index is 2.17. The molecule has 2 nitrogen and oxygen atoms in total. The quantitative estimate of drug-likeness (QED) is 0.811. The van der Waals surface area contributed by atoms with Crippen molar-refractivity contribution in [2.24, 2.45) is 5.73 Å². The van der Waals surface area contributed by atoms with Gasteiger partial charge < -0.3 is 5.73 Å². The van der Waals surface area contributed by atoms with E-state index < -0.39 is 0 Å². The number of benzene rings is 1. The molecule has 1 heterocycles. The standard InChI is InChI=1S/C15H18N2/c1-15(8-7-11(16)10-15)13-5-2-6-14-12(13)4-3-9-17-14/h2-6,9,11H,7-8,10,16H2,1H3. The molecule has 0 aliphatic heterocycles. The Morgan fingerprint density at radius 2 is 2.18 bits per heavy atom. The van der Waals surface area contributed by atoms with Crippen LogP contribution in [0.3, 0.4) is 0 Å². The molecule has 1 aromatic carbocycles. The van der Waals surface area contributed by atoms with Gasteiger partial charge in [0.1, 0.15) is 0 Å². The lowest BCUT2D eigenvalue weighted by molar-refractivity contribution is 0.486. The van der Waals surface area contributed by atoms with E-state index in [1.807, 2.05) is 12.3 Å². The maximum atomic E-state index is 6.08. The van der Waals surface area contributed by atoms with Crippen LogP contribution in [0.1, 0.15) is 31.7 Å². The number of nitrogens with zero attached hydrogens (tertiary/aromatic N) is 1. The van der Waals surface area contributed by atoms with Gasteiger partial charge in [0.15, 0.2) is 0 Å². The van der Waals surface area contributed by atoms with Gasteiger partial charge in [0.05, 0.1) is 5.52 Å². The first-order chi connectivity index (χ1) is 8.19. The summed E-state index contributed by atoms with van der Waals surface area (Å²) in [6, 6.07) is 11.0. The summed E-state index contributed by atoms with van der Waals surface area (Å²) in [4.78, 5) is 4.43. The lowest BCUT2D eigenvalue weighted by atomic mass is 9.79. The molecule has 2 heteroatoms. The molecule has 2 N–H and O–H groups in total. The average molecular weight is 226 g/mol. The largest absolute Gasteiger partial charge is 0.328 e. The lowest BCUT2D eigenvalue weighted by Gasteiger charge is -2.26. The zero-order valence-corrected chi connectivity index (χ0v) is 10.2. The van der Waals surface area contributed by atoms with Gasteiger partial charge in [0.25, 0.3) is 0 Å². The van der Waals surface area contributed by atoms with Crippen LogP contribution in [-0.4, -0.2) is 11.0 Å². The summed E-state index contributed by atoms with van der Waals surface area (Å²) in [5, 5.41) is 1.28. The van der Waals surface area contributed by atoms with E-state index in [4.69, 9.17) is 5.73 Å². The molecule has 0 radical (unpaired) electrons. The van der Waals surface area contributed by atoms with Gasteiger partial charge in [-0.15, -0.1) is 0 Å². The molecule has 3 rings (SSSR count). The van der Waals surface area contributed by atoms with Crippen LogP contribution in [0.15, 0.2) is 36.5 Å². The van der Waals surface area contributed by atoms with E-state index in [9.17, 15) is 0 Å². The van der Waals surface area contributed by atoms with Gasteiger partial charge in [0, 0.05) is 17.6 Å². The molecule has 0 amide bonds. The van der Waals surface area contributed by atoms with E-state index in [1.54, 1.807) is 0 Å². The summed E-state index contributed by atoms with van der Waals surface area (Å²) < 4.78 is 0. The molecule has 1 aliphatic rings. The molecule has 0 bridgehead atoms. The van der Waals surface area contributed by atoms with Gasteiger partial charge >= 0.3 is 0 Å². The van der Waals surface area contributed by atoms with Crippen LogP contribution < -0.4 is 5.73 Å². The van der Waals surface area contributed by atoms with E-state index in [2.05, 4.69) is 36.2 Å². The van der Waals surface area contributed by atoms with E-state index >= 15 is 0 Å². The van der Waals surface area contributed by atoms with Gasteiger partial charge in [-0.3, -0.25) is 4.98 Å². The average Bonchev–Trinajstić information content (AvgIpc) is 2.70. The van der Waals surface area contributed by atoms with Gasteiger partial charge in [-0.05, 0) is 42.4 Å². The summed E-state index contributed by atoms with van der Waals surface area (Å²) in [6.07, 6.45) is 5.26. The van der Waals surface area contributed by atoms with Gasteiger partial charge in [0.2, 0.25) is 0 Å². The van der Waals surface area contributed by atoms with Crippen molar-refractivity contribution < 1.29 is 0 Å². The molecule has 1 fully saturated rings. The predicted octanol–water partition coefficient (Wildman–Crippen LogP) is 3.00. The minimum absolute atomic E-state index is 0.224. The van der Waals surface area contributed by atoms with Gasteiger partial charge in [-0.2, -0.15) is 0 Å². The fraction of sp³-hybridized carbons (Fsp3) is 0.400. The molecular weight excluding hydrogens is 208 g/mol. The van der Waals surface area contributed by atoms with E-state index in [-0.39, 0.29) is 5.41 Å².